The maximum absolute atomic E-state index is 9.09. The second kappa shape index (κ2) is 17.1. The van der Waals surface area contributed by atoms with Crippen LogP contribution in [-0.4, -0.2) is 0 Å². The summed E-state index contributed by atoms with van der Waals surface area (Å²) >= 11 is 3.65. The van der Waals surface area contributed by atoms with Gasteiger partial charge in [0, 0.05) is 37.1 Å². The Kier molecular flexibility index (Phi) is 13.0. The minimum Gasteiger partial charge on any atom is -1.00 e. The van der Waals surface area contributed by atoms with E-state index >= 15 is 0 Å². The monoisotopic (exact) mass is 766 g/mol. The molecule has 230 valence electrons. The average molecular weight is 769 g/mol. The van der Waals surface area contributed by atoms with Gasteiger partial charge in [-0.2, -0.15) is 19.7 Å². The molecule has 0 atom stereocenters. The van der Waals surface area contributed by atoms with Gasteiger partial charge in [0.25, 0.3) is 10.0 Å². The van der Waals surface area contributed by atoms with Crippen LogP contribution in [0.15, 0.2) is 97.1 Å². The van der Waals surface area contributed by atoms with Crippen LogP contribution in [0.5, 0.6) is 0 Å². The third-order valence-electron chi connectivity index (χ3n) is 7.70. The molecule has 0 aliphatic rings. The number of aryl methyl sites for hydroxylation is 2. The molecule has 0 spiro atoms. The number of hydrogen-bond donors (Lipinski definition) is 0. The highest BCUT2D eigenvalue weighted by atomic mass is 79.9. The first-order valence-electron chi connectivity index (χ1n) is 14.9. The number of para-hydroxylation sites is 2. The quantitative estimate of drug-likeness (QED) is 0.151. The van der Waals surface area contributed by atoms with Crippen molar-refractivity contribution in [1.29, 1.82) is 10.5 Å². The number of nitriles is 2. The molecule has 0 bridgehead atoms. The summed E-state index contributed by atoms with van der Waals surface area (Å²) in [6, 6.07) is 37.1. The van der Waals surface area contributed by atoms with E-state index in [9.17, 15) is 0 Å². The van der Waals surface area contributed by atoms with Gasteiger partial charge in [-0.15, -0.1) is 0 Å². The van der Waals surface area contributed by atoms with Crippen LogP contribution in [0, 0.1) is 22.7 Å². The maximum atomic E-state index is 9.09. The number of fused-ring (bicyclic) bond motifs is 2. The molecule has 0 saturated heterocycles. The van der Waals surface area contributed by atoms with E-state index in [1.54, 1.807) is 0 Å². The highest BCUT2D eigenvalue weighted by Gasteiger charge is 2.19. The summed E-state index contributed by atoms with van der Waals surface area (Å²) in [5.74, 6) is 0. The predicted molar refractivity (Wildman–Crippen MR) is 183 cm³/mol. The summed E-state index contributed by atoms with van der Waals surface area (Å²) in [5.41, 5.74) is 6.13. The van der Waals surface area contributed by atoms with E-state index in [4.69, 9.17) is 10.5 Å². The molecule has 6 rings (SSSR count). The molecule has 0 N–H and O–H groups in total. The lowest BCUT2D eigenvalue weighted by Gasteiger charge is -2.00. The van der Waals surface area contributed by atoms with E-state index in [-0.39, 0.29) is 34.0 Å². The molecule has 0 unspecified atom stereocenters. The SMILES string of the molecule is N#Cc1ccc(/C=C/c2sc3ccccc3[n+]2CCCCCC[n+]2c(/C=C/c3ccc(C#N)cc3)sc3ccccc32)cc1.[Br-].[Br-]. The van der Waals surface area contributed by atoms with Crippen molar-refractivity contribution in [2.45, 2.75) is 38.8 Å². The Morgan fingerprint density at radius 3 is 1.28 bits per heavy atom. The van der Waals surface area contributed by atoms with E-state index in [0.717, 1.165) is 37.1 Å². The third-order valence-corrected chi connectivity index (χ3v) is 9.96. The fourth-order valence-corrected chi connectivity index (χ4v) is 7.56. The van der Waals surface area contributed by atoms with E-state index in [0.29, 0.717) is 11.1 Å². The predicted octanol–water partition coefficient (Wildman–Crippen LogP) is 3.04. The lowest BCUT2D eigenvalue weighted by molar-refractivity contribution is -0.670. The first-order valence-corrected chi connectivity index (χ1v) is 16.5. The maximum Gasteiger partial charge on any atom is 0.262 e. The van der Waals surface area contributed by atoms with Crippen molar-refractivity contribution in [3.8, 4) is 12.1 Å². The van der Waals surface area contributed by atoms with Crippen LogP contribution in [-0.2, 0) is 13.1 Å². The zero-order chi connectivity index (χ0) is 30.1. The smallest absolute Gasteiger partial charge is 0.262 e. The van der Waals surface area contributed by atoms with Gasteiger partial charge in [-0.05, 0) is 72.5 Å². The first-order chi connectivity index (χ1) is 21.7. The van der Waals surface area contributed by atoms with Gasteiger partial charge in [0.05, 0.1) is 23.3 Å². The molecule has 0 saturated carbocycles. The van der Waals surface area contributed by atoms with Crippen LogP contribution in [0.2, 0.25) is 0 Å². The topological polar surface area (TPSA) is 55.3 Å². The standard InChI is InChI=1S/C38H32N4S2.2BrH/c39-27-31-17-13-29(14-18-31)21-23-37-41(33-9-3-5-11-35(33)43-37)25-7-1-2-8-26-42-34-10-4-6-12-36(34)44-38(42)24-22-30-15-19-32(28-40)20-16-30;;/h3-6,9-24H,1-2,7-8,25-26H2;2*1H/q+2;;/p-2/b23-21+,24-22+;;. The highest BCUT2D eigenvalue weighted by molar-refractivity contribution is 7.19. The number of thiazole rings is 2. The molecule has 2 heterocycles. The number of hydrogen-bond acceptors (Lipinski definition) is 4. The van der Waals surface area contributed by atoms with Crippen LogP contribution in [0.3, 0.4) is 0 Å². The number of aromatic nitrogens is 2. The molecular weight excluding hydrogens is 736 g/mol. The molecular formula is C38H32Br2N4S2. The third kappa shape index (κ3) is 8.46. The Morgan fingerprint density at radius 1 is 0.500 bits per heavy atom. The normalized spacial score (nSPS) is 11.0. The zero-order valence-corrected chi connectivity index (χ0v) is 30.0. The summed E-state index contributed by atoms with van der Waals surface area (Å²) in [5, 5.41) is 20.7. The van der Waals surface area contributed by atoms with Crippen molar-refractivity contribution in [3.63, 3.8) is 0 Å². The number of benzene rings is 4. The van der Waals surface area contributed by atoms with Crippen LogP contribution in [0.4, 0.5) is 0 Å². The van der Waals surface area contributed by atoms with E-state index < -0.39 is 0 Å². The summed E-state index contributed by atoms with van der Waals surface area (Å²) in [6.07, 6.45) is 13.3. The van der Waals surface area contributed by atoms with Gasteiger partial charge >= 0.3 is 0 Å². The average Bonchev–Trinajstić information content (AvgIpc) is 3.62. The van der Waals surface area contributed by atoms with Gasteiger partial charge in [-0.1, -0.05) is 71.2 Å². The van der Waals surface area contributed by atoms with Crippen molar-refractivity contribution >= 4 is 67.4 Å². The van der Waals surface area contributed by atoms with Gasteiger partial charge in [-0.3, -0.25) is 0 Å². The van der Waals surface area contributed by atoms with Gasteiger partial charge in [0.15, 0.2) is 13.1 Å². The van der Waals surface area contributed by atoms with E-state index in [2.05, 4.69) is 94.1 Å². The molecule has 4 nitrogen and oxygen atoms in total. The Labute approximate surface area is 299 Å². The van der Waals surface area contributed by atoms with Crippen molar-refractivity contribution in [1.82, 2.24) is 0 Å². The highest BCUT2D eigenvalue weighted by Crippen LogP contribution is 2.24. The first kappa shape index (κ1) is 34.9. The van der Waals surface area contributed by atoms with Crippen LogP contribution in [0.25, 0.3) is 44.7 Å². The molecule has 0 aliphatic heterocycles. The van der Waals surface area contributed by atoms with Crippen LogP contribution >= 0.6 is 22.7 Å². The zero-order valence-electron chi connectivity index (χ0n) is 25.2. The van der Waals surface area contributed by atoms with Crippen molar-refractivity contribution in [3.05, 3.63) is 129 Å². The number of halogens is 2. The van der Waals surface area contributed by atoms with E-state index in [1.807, 2.05) is 71.2 Å². The molecule has 0 aliphatic carbocycles. The minimum absolute atomic E-state index is 0. The van der Waals surface area contributed by atoms with Gasteiger partial charge in [-0.25, -0.2) is 0 Å². The Hall–Kier alpha value is -3.92. The molecule has 2 aromatic heterocycles. The van der Waals surface area contributed by atoms with Crippen molar-refractivity contribution < 1.29 is 43.1 Å². The Morgan fingerprint density at radius 2 is 0.891 bits per heavy atom. The minimum atomic E-state index is 0. The van der Waals surface area contributed by atoms with Gasteiger partial charge < -0.3 is 34.0 Å². The fourth-order valence-electron chi connectivity index (χ4n) is 5.38. The molecule has 4 aromatic carbocycles. The largest absolute Gasteiger partial charge is 1.00 e. The molecule has 0 radical (unpaired) electrons. The van der Waals surface area contributed by atoms with Gasteiger partial charge in [0.1, 0.15) is 9.40 Å². The Bertz CT molecular complexity index is 1890. The van der Waals surface area contributed by atoms with Crippen molar-refractivity contribution in [2.75, 3.05) is 0 Å². The summed E-state index contributed by atoms with van der Waals surface area (Å²) in [4.78, 5) is 0. The number of rotatable bonds is 11. The molecule has 46 heavy (non-hydrogen) atoms. The second-order valence-electron chi connectivity index (χ2n) is 10.7. The number of nitrogens with zero attached hydrogens (tertiary/aromatic N) is 4. The summed E-state index contributed by atoms with van der Waals surface area (Å²) in [6.45, 7) is 1.98. The van der Waals surface area contributed by atoms with Crippen LogP contribution in [0.1, 0.15) is 58.0 Å². The second-order valence-corrected chi connectivity index (χ2v) is 12.8. The molecule has 0 amide bonds. The van der Waals surface area contributed by atoms with Gasteiger partial charge in [0.2, 0.25) is 11.0 Å². The van der Waals surface area contributed by atoms with Crippen LogP contribution < -0.4 is 43.1 Å². The van der Waals surface area contributed by atoms with E-state index in [1.165, 1.54) is 43.3 Å². The lowest BCUT2D eigenvalue weighted by atomic mass is 10.1. The molecule has 6 aromatic rings. The summed E-state index contributed by atoms with van der Waals surface area (Å²) < 4.78 is 7.50. The molecule has 8 heteroatoms. The van der Waals surface area contributed by atoms with Crippen molar-refractivity contribution in [2.24, 2.45) is 0 Å². The fraction of sp³-hybridized carbons (Fsp3) is 0.158. The molecule has 0 fully saturated rings. The lowest BCUT2D eigenvalue weighted by Crippen LogP contribution is -3.00. The summed E-state index contributed by atoms with van der Waals surface area (Å²) in [7, 11) is 0. The Balaban J connectivity index is 0.00000240. The number of unbranched alkanes of at least 4 members (excludes halogenated alkanes) is 3.